The summed E-state index contributed by atoms with van der Waals surface area (Å²) in [4.78, 5) is 27.0. The number of fused-ring (bicyclic) bond motifs is 1. The largest absolute Gasteiger partial charge is 0.347 e. The summed E-state index contributed by atoms with van der Waals surface area (Å²) in [6, 6.07) is 1.00. The van der Waals surface area contributed by atoms with Crippen LogP contribution in [0.3, 0.4) is 0 Å². The van der Waals surface area contributed by atoms with Crippen LogP contribution in [0.2, 0.25) is 0 Å². The third-order valence-electron chi connectivity index (χ3n) is 5.01. The van der Waals surface area contributed by atoms with Crippen molar-refractivity contribution in [1.82, 2.24) is 24.3 Å². The molecule has 1 aromatic rings. The average Bonchev–Trinajstić information content (AvgIpc) is 3.11. The molecule has 2 fully saturated rings. The highest BCUT2D eigenvalue weighted by Crippen LogP contribution is 2.25. The highest BCUT2D eigenvalue weighted by atomic mass is 32.2. The van der Waals surface area contributed by atoms with E-state index in [0.29, 0.717) is 31.6 Å². The van der Waals surface area contributed by atoms with E-state index < -0.39 is 16.1 Å². The first-order chi connectivity index (χ1) is 12.2. The molecule has 0 aliphatic carbocycles. The summed E-state index contributed by atoms with van der Waals surface area (Å²) in [5.74, 6) is -0.730. The number of amides is 2. The maximum atomic E-state index is 12.8. The predicted octanol–water partition coefficient (Wildman–Crippen LogP) is -0.517. The standard InChI is InChI=1S/C16H25N5O4S/c1-4-5-21-16(23)14-9-12(10-20(14)6-7-26(21,24)25)17-15(22)13-8-11(2)19(3)18-13/h8,12,14H,4-7,9-10H2,1-3H3,(H,17,22)/t12-,14-/m0/s1. The van der Waals surface area contributed by atoms with Gasteiger partial charge in [-0.05, 0) is 25.8 Å². The predicted molar refractivity (Wildman–Crippen MR) is 95.0 cm³/mol. The van der Waals surface area contributed by atoms with Gasteiger partial charge in [-0.3, -0.25) is 19.2 Å². The average molecular weight is 383 g/mol. The van der Waals surface area contributed by atoms with Gasteiger partial charge < -0.3 is 5.32 Å². The molecule has 0 spiro atoms. The number of aromatic nitrogens is 2. The number of nitrogens with one attached hydrogen (secondary N) is 1. The molecule has 1 N–H and O–H groups in total. The van der Waals surface area contributed by atoms with Crippen LogP contribution >= 0.6 is 0 Å². The topological polar surface area (TPSA) is 105 Å². The number of aryl methyl sites for hydroxylation is 2. The molecule has 2 aliphatic rings. The van der Waals surface area contributed by atoms with E-state index in [1.165, 1.54) is 0 Å². The number of carbonyl (C=O) groups excluding carboxylic acids is 2. The molecule has 10 heteroatoms. The molecule has 2 aliphatic heterocycles. The fraction of sp³-hybridized carbons (Fsp3) is 0.688. The number of hydrogen-bond donors (Lipinski definition) is 1. The van der Waals surface area contributed by atoms with Crippen molar-refractivity contribution >= 4 is 21.8 Å². The molecule has 0 bridgehead atoms. The van der Waals surface area contributed by atoms with Crippen molar-refractivity contribution in [2.45, 2.75) is 38.8 Å². The van der Waals surface area contributed by atoms with Gasteiger partial charge in [-0.25, -0.2) is 12.7 Å². The van der Waals surface area contributed by atoms with Crippen LogP contribution in [0, 0.1) is 6.92 Å². The van der Waals surface area contributed by atoms with Gasteiger partial charge in [0.05, 0.1) is 11.8 Å². The van der Waals surface area contributed by atoms with E-state index in [4.69, 9.17) is 0 Å². The van der Waals surface area contributed by atoms with E-state index in [1.807, 2.05) is 18.7 Å². The first kappa shape index (κ1) is 18.8. The summed E-state index contributed by atoms with van der Waals surface area (Å²) < 4.78 is 27.3. The Kier molecular flexibility index (Phi) is 5.07. The molecule has 3 rings (SSSR count). The molecule has 0 aromatic carbocycles. The lowest BCUT2D eigenvalue weighted by atomic mass is 10.1. The molecule has 26 heavy (non-hydrogen) atoms. The van der Waals surface area contributed by atoms with Crippen molar-refractivity contribution in [2.24, 2.45) is 7.05 Å². The van der Waals surface area contributed by atoms with Crippen LogP contribution in [0.1, 0.15) is 35.9 Å². The van der Waals surface area contributed by atoms with Gasteiger partial charge in [-0.1, -0.05) is 6.92 Å². The zero-order valence-electron chi connectivity index (χ0n) is 15.3. The van der Waals surface area contributed by atoms with Gasteiger partial charge in [0, 0.05) is 38.4 Å². The second kappa shape index (κ2) is 6.99. The number of sulfonamides is 1. The lowest BCUT2D eigenvalue weighted by Crippen LogP contribution is -2.44. The van der Waals surface area contributed by atoms with Crippen LogP contribution in [-0.2, 0) is 21.9 Å². The first-order valence-corrected chi connectivity index (χ1v) is 10.4. The second-order valence-corrected chi connectivity index (χ2v) is 8.95. The Bertz CT molecular complexity index is 799. The summed E-state index contributed by atoms with van der Waals surface area (Å²) in [7, 11) is -1.79. The Labute approximate surface area is 153 Å². The minimum Gasteiger partial charge on any atom is -0.347 e. The van der Waals surface area contributed by atoms with E-state index in [1.54, 1.807) is 17.8 Å². The quantitative estimate of drug-likeness (QED) is 0.750. The number of rotatable bonds is 4. The molecule has 0 saturated carbocycles. The van der Waals surface area contributed by atoms with Gasteiger partial charge in [0.2, 0.25) is 10.0 Å². The molecule has 2 amide bonds. The zero-order chi connectivity index (χ0) is 19.1. The summed E-state index contributed by atoms with van der Waals surface area (Å²) in [6.45, 7) is 4.68. The molecule has 1 aromatic heterocycles. The SMILES string of the molecule is CCCN1C(=O)[C@@H]2C[C@H](NC(=O)c3cc(C)n(C)n3)CN2CCS1(=O)=O. The van der Waals surface area contributed by atoms with Gasteiger partial charge in [0.15, 0.2) is 0 Å². The van der Waals surface area contributed by atoms with Crippen molar-refractivity contribution in [3.05, 3.63) is 17.5 Å². The molecule has 9 nitrogen and oxygen atoms in total. The molecule has 144 valence electrons. The van der Waals surface area contributed by atoms with Gasteiger partial charge in [-0.2, -0.15) is 5.10 Å². The van der Waals surface area contributed by atoms with E-state index in [-0.39, 0.29) is 30.2 Å². The van der Waals surface area contributed by atoms with Gasteiger partial charge in [0.1, 0.15) is 5.69 Å². The van der Waals surface area contributed by atoms with E-state index in [0.717, 1.165) is 10.00 Å². The second-order valence-electron chi connectivity index (χ2n) is 6.94. The lowest BCUT2D eigenvalue weighted by Gasteiger charge is -2.23. The van der Waals surface area contributed by atoms with E-state index >= 15 is 0 Å². The van der Waals surface area contributed by atoms with Crippen LogP contribution in [-0.4, -0.2) is 76.7 Å². The first-order valence-electron chi connectivity index (χ1n) is 8.82. The van der Waals surface area contributed by atoms with Crippen LogP contribution in [0.15, 0.2) is 6.07 Å². The minimum absolute atomic E-state index is 0.0741. The summed E-state index contributed by atoms with van der Waals surface area (Å²) in [5.41, 5.74) is 1.22. The van der Waals surface area contributed by atoms with E-state index in [9.17, 15) is 18.0 Å². The maximum Gasteiger partial charge on any atom is 0.272 e. The van der Waals surface area contributed by atoms with Crippen molar-refractivity contribution in [3.8, 4) is 0 Å². The molecule has 3 heterocycles. The molecule has 0 radical (unpaired) electrons. The highest BCUT2D eigenvalue weighted by molar-refractivity contribution is 7.89. The normalized spacial score (nSPS) is 25.8. The maximum absolute atomic E-state index is 12.8. The van der Waals surface area contributed by atoms with Gasteiger partial charge in [-0.15, -0.1) is 0 Å². The lowest BCUT2D eigenvalue weighted by molar-refractivity contribution is -0.130. The smallest absolute Gasteiger partial charge is 0.272 e. The fourth-order valence-electron chi connectivity index (χ4n) is 3.54. The van der Waals surface area contributed by atoms with Gasteiger partial charge >= 0.3 is 0 Å². The Morgan fingerprint density at radius 3 is 2.77 bits per heavy atom. The summed E-state index contributed by atoms with van der Waals surface area (Å²) in [6.07, 6.45) is 0.989. The molecule has 0 unspecified atom stereocenters. The summed E-state index contributed by atoms with van der Waals surface area (Å²) in [5, 5.41) is 7.09. The van der Waals surface area contributed by atoms with Crippen LogP contribution in [0.5, 0.6) is 0 Å². The fourth-order valence-corrected chi connectivity index (χ4v) is 5.08. The number of nitrogens with zero attached hydrogens (tertiary/aromatic N) is 4. The van der Waals surface area contributed by atoms with Crippen molar-refractivity contribution < 1.29 is 18.0 Å². The molecule has 2 atom stereocenters. The third kappa shape index (κ3) is 3.48. The summed E-state index contributed by atoms with van der Waals surface area (Å²) >= 11 is 0. The van der Waals surface area contributed by atoms with Crippen molar-refractivity contribution in [3.63, 3.8) is 0 Å². The number of carbonyl (C=O) groups is 2. The number of hydrogen-bond acceptors (Lipinski definition) is 6. The third-order valence-corrected chi connectivity index (χ3v) is 6.75. The zero-order valence-corrected chi connectivity index (χ0v) is 16.1. The molecule has 2 saturated heterocycles. The Morgan fingerprint density at radius 2 is 2.15 bits per heavy atom. The van der Waals surface area contributed by atoms with Gasteiger partial charge in [0.25, 0.3) is 11.8 Å². The van der Waals surface area contributed by atoms with Crippen molar-refractivity contribution in [2.75, 3.05) is 25.4 Å². The Morgan fingerprint density at radius 1 is 1.42 bits per heavy atom. The monoisotopic (exact) mass is 383 g/mol. The van der Waals surface area contributed by atoms with Crippen LogP contribution in [0.25, 0.3) is 0 Å². The minimum atomic E-state index is -3.56. The van der Waals surface area contributed by atoms with E-state index in [2.05, 4.69) is 10.4 Å². The van der Waals surface area contributed by atoms with Crippen LogP contribution in [0.4, 0.5) is 0 Å². The van der Waals surface area contributed by atoms with Crippen molar-refractivity contribution in [1.29, 1.82) is 0 Å². The highest BCUT2D eigenvalue weighted by Gasteiger charge is 2.45. The van der Waals surface area contributed by atoms with Crippen LogP contribution < -0.4 is 5.32 Å². The molecular weight excluding hydrogens is 358 g/mol. The molecular formula is C16H25N5O4S. The Balaban J connectivity index is 1.71. The Hall–Kier alpha value is -1.94.